The van der Waals surface area contributed by atoms with Crippen molar-refractivity contribution in [1.82, 2.24) is 19.6 Å². The average molecular weight is 473 g/mol. The third-order valence-corrected chi connectivity index (χ3v) is 6.00. The number of carbonyl (C=O) groups excluding carboxylic acids is 1. The Kier molecular flexibility index (Phi) is 5.68. The number of nitrogens with one attached hydrogen (secondary N) is 2. The van der Waals surface area contributed by atoms with Crippen LogP contribution in [0.3, 0.4) is 0 Å². The van der Waals surface area contributed by atoms with E-state index in [1.165, 1.54) is 42.8 Å². The van der Waals surface area contributed by atoms with E-state index in [-0.39, 0.29) is 28.3 Å². The van der Waals surface area contributed by atoms with E-state index in [9.17, 15) is 13.2 Å². The van der Waals surface area contributed by atoms with Crippen molar-refractivity contribution in [2.24, 2.45) is 0 Å². The van der Waals surface area contributed by atoms with E-state index in [0.717, 1.165) is 0 Å². The second-order valence-corrected chi connectivity index (χ2v) is 8.80. The molecule has 1 amide bonds. The first kappa shape index (κ1) is 21.5. The Bertz CT molecular complexity index is 1420. The van der Waals surface area contributed by atoms with Crippen molar-refractivity contribution < 1.29 is 17.9 Å². The Morgan fingerprint density at radius 1 is 1.12 bits per heavy atom. The number of sulfonamides is 1. The summed E-state index contributed by atoms with van der Waals surface area (Å²) in [6, 6.07) is 10.9. The maximum absolute atomic E-state index is 12.8. The van der Waals surface area contributed by atoms with Crippen molar-refractivity contribution in [3.63, 3.8) is 0 Å². The summed E-state index contributed by atoms with van der Waals surface area (Å²) in [6.45, 7) is 1.37. The van der Waals surface area contributed by atoms with E-state index in [4.69, 9.17) is 16.3 Å². The van der Waals surface area contributed by atoms with Crippen LogP contribution in [0.5, 0.6) is 5.88 Å². The maximum atomic E-state index is 12.8. The molecule has 0 fully saturated rings. The number of amides is 1. The van der Waals surface area contributed by atoms with Gasteiger partial charge in [-0.1, -0.05) is 11.6 Å². The molecule has 10 nitrogen and oxygen atoms in total. The number of methoxy groups -OCH3 is 1. The second-order valence-electron chi connectivity index (χ2n) is 6.68. The number of carbonyl (C=O) groups is 1. The number of aromatic nitrogens is 4. The first-order chi connectivity index (χ1) is 15.2. The molecule has 0 radical (unpaired) electrons. The quantitative estimate of drug-likeness (QED) is 0.441. The summed E-state index contributed by atoms with van der Waals surface area (Å²) in [6.07, 6.45) is 3.24. The summed E-state index contributed by atoms with van der Waals surface area (Å²) in [5.74, 6) is 0.0121. The van der Waals surface area contributed by atoms with E-state index in [1.54, 1.807) is 30.6 Å². The molecule has 0 unspecified atom stereocenters. The molecule has 164 valence electrons. The smallest absolute Gasteiger partial charge is 0.262 e. The van der Waals surface area contributed by atoms with E-state index >= 15 is 0 Å². The van der Waals surface area contributed by atoms with Crippen LogP contribution in [0.15, 0.2) is 59.8 Å². The van der Waals surface area contributed by atoms with Gasteiger partial charge in [-0.2, -0.15) is 4.98 Å². The van der Waals surface area contributed by atoms with E-state index in [2.05, 4.69) is 25.1 Å². The molecule has 0 aliphatic carbocycles. The van der Waals surface area contributed by atoms with Crippen LogP contribution >= 0.6 is 11.6 Å². The number of ether oxygens (including phenoxy) is 1. The molecule has 0 aliphatic heterocycles. The van der Waals surface area contributed by atoms with Gasteiger partial charge in [-0.05, 0) is 42.5 Å². The predicted octanol–water partition coefficient (Wildman–Crippen LogP) is 3.21. The van der Waals surface area contributed by atoms with Gasteiger partial charge in [0.25, 0.3) is 10.0 Å². The van der Waals surface area contributed by atoms with Gasteiger partial charge in [-0.3, -0.25) is 14.8 Å². The minimum atomic E-state index is -3.90. The van der Waals surface area contributed by atoms with E-state index in [1.807, 2.05) is 0 Å². The molecule has 0 spiro atoms. The topological polar surface area (TPSA) is 128 Å². The molecule has 0 bridgehead atoms. The largest absolute Gasteiger partial charge is 0.480 e. The number of rotatable bonds is 6. The number of anilines is 2. The lowest BCUT2D eigenvalue weighted by atomic mass is 10.1. The van der Waals surface area contributed by atoms with Crippen LogP contribution in [-0.2, 0) is 14.8 Å². The van der Waals surface area contributed by atoms with Crippen molar-refractivity contribution in [3.8, 4) is 17.0 Å². The lowest BCUT2D eigenvalue weighted by Gasteiger charge is -2.13. The monoisotopic (exact) mass is 472 g/mol. The first-order valence-corrected chi connectivity index (χ1v) is 11.1. The third kappa shape index (κ3) is 4.48. The highest BCUT2D eigenvalue weighted by Crippen LogP contribution is 2.30. The van der Waals surface area contributed by atoms with E-state index in [0.29, 0.717) is 21.8 Å². The Labute approximate surface area is 188 Å². The molecule has 4 rings (SSSR count). The molecule has 0 saturated carbocycles. The number of fused-ring (bicyclic) bond motifs is 1. The molecular formula is C20H17ClN6O4S. The molecule has 3 aromatic heterocycles. The lowest BCUT2D eigenvalue weighted by molar-refractivity contribution is -0.114. The Balaban J connectivity index is 1.70. The SMILES string of the molecule is COc1ncc(-c2ccc3nc(NC(C)=O)nn3c2)cc1NS(=O)(=O)c1ccc(Cl)cc1. The Morgan fingerprint density at radius 2 is 1.88 bits per heavy atom. The molecule has 12 heteroatoms. The van der Waals surface area contributed by atoms with Crippen LogP contribution in [0.1, 0.15) is 6.92 Å². The van der Waals surface area contributed by atoms with Crippen LogP contribution in [-0.4, -0.2) is 41.0 Å². The highest BCUT2D eigenvalue weighted by atomic mass is 35.5. The number of benzene rings is 1. The average Bonchev–Trinajstić information content (AvgIpc) is 3.14. The molecule has 3 heterocycles. The molecule has 1 aromatic carbocycles. The van der Waals surface area contributed by atoms with Crippen LogP contribution in [0.2, 0.25) is 5.02 Å². The molecule has 4 aromatic rings. The Hall–Kier alpha value is -3.70. The predicted molar refractivity (Wildman–Crippen MR) is 119 cm³/mol. The van der Waals surface area contributed by atoms with Gasteiger partial charge in [0.2, 0.25) is 17.7 Å². The van der Waals surface area contributed by atoms with Gasteiger partial charge in [-0.15, -0.1) is 5.10 Å². The minimum absolute atomic E-state index is 0.0453. The molecular weight excluding hydrogens is 456 g/mol. The maximum Gasteiger partial charge on any atom is 0.262 e. The molecule has 32 heavy (non-hydrogen) atoms. The van der Waals surface area contributed by atoms with Crippen LogP contribution in [0.25, 0.3) is 16.8 Å². The van der Waals surface area contributed by atoms with Crippen molar-refractivity contribution >= 4 is 44.8 Å². The minimum Gasteiger partial charge on any atom is -0.480 e. The van der Waals surface area contributed by atoms with Crippen molar-refractivity contribution in [2.75, 3.05) is 17.1 Å². The van der Waals surface area contributed by atoms with Crippen LogP contribution < -0.4 is 14.8 Å². The van der Waals surface area contributed by atoms with Crippen LogP contribution in [0, 0.1) is 0 Å². The van der Waals surface area contributed by atoms with E-state index < -0.39 is 10.0 Å². The van der Waals surface area contributed by atoms with Crippen molar-refractivity contribution in [1.29, 1.82) is 0 Å². The summed E-state index contributed by atoms with van der Waals surface area (Å²) in [5.41, 5.74) is 2.00. The second kappa shape index (κ2) is 8.44. The van der Waals surface area contributed by atoms with Gasteiger partial charge in [0, 0.05) is 35.5 Å². The first-order valence-electron chi connectivity index (χ1n) is 9.22. The number of nitrogens with zero attached hydrogens (tertiary/aromatic N) is 4. The normalized spacial score (nSPS) is 11.3. The molecule has 0 aliphatic rings. The number of halogens is 1. The standard InChI is InChI=1S/C20H17ClN6O4S/c1-12(28)23-20-24-18-8-3-13(11-27(18)25-20)14-9-17(19(31-2)22-10-14)26-32(29,30)16-6-4-15(21)5-7-16/h3-11,26H,1-2H3,(H,23,25,28). The highest BCUT2D eigenvalue weighted by molar-refractivity contribution is 7.92. The van der Waals surface area contributed by atoms with Gasteiger partial charge in [0.1, 0.15) is 5.69 Å². The summed E-state index contributed by atoms with van der Waals surface area (Å²) in [7, 11) is -2.50. The van der Waals surface area contributed by atoms with Gasteiger partial charge in [-0.25, -0.2) is 17.9 Å². The zero-order valence-electron chi connectivity index (χ0n) is 16.9. The molecule has 0 atom stereocenters. The third-order valence-electron chi connectivity index (χ3n) is 4.36. The summed E-state index contributed by atoms with van der Waals surface area (Å²) in [5, 5.41) is 7.16. The fourth-order valence-electron chi connectivity index (χ4n) is 2.93. The highest BCUT2D eigenvalue weighted by Gasteiger charge is 2.18. The zero-order valence-corrected chi connectivity index (χ0v) is 18.5. The van der Waals surface area contributed by atoms with Gasteiger partial charge < -0.3 is 4.74 Å². The number of pyridine rings is 2. The summed E-state index contributed by atoms with van der Waals surface area (Å²) in [4.78, 5) is 19.7. The summed E-state index contributed by atoms with van der Waals surface area (Å²) < 4.78 is 34.8. The molecule has 0 saturated heterocycles. The Morgan fingerprint density at radius 3 is 2.56 bits per heavy atom. The molecule has 2 N–H and O–H groups in total. The fourth-order valence-corrected chi connectivity index (χ4v) is 4.10. The van der Waals surface area contributed by atoms with Crippen molar-refractivity contribution in [2.45, 2.75) is 11.8 Å². The van der Waals surface area contributed by atoms with Gasteiger partial charge in [0.05, 0.1) is 12.0 Å². The fraction of sp³-hybridized carbons (Fsp3) is 0.100. The zero-order chi connectivity index (χ0) is 22.9. The van der Waals surface area contributed by atoms with Crippen molar-refractivity contribution in [3.05, 3.63) is 59.9 Å². The van der Waals surface area contributed by atoms with Gasteiger partial charge in [0.15, 0.2) is 5.65 Å². The lowest BCUT2D eigenvalue weighted by Crippen LogP contribution is -2.14. The number of hydrogen-bond acceptors (Lipinski definition) is 7. The summed E-state index contributed by atoms with van der Waals surface area (Å²) >= 11 is 5.85. The van der Waals surface area contributed by atoms with Gasteiger partial charge >= 0.3 is 0 Å². The number of hydrogen-bond donors (Lipinski definition) is 2. The van der Waals surface area contributed by atoms with Crippen LogP contribution in [0.4, 0.5) is 11.6 Å².